The number of fused-ring (bicyclic) bond motifs is 1. The first-order valence-electron chi connectivity index (χ1n) is 5.44. The summed E-state index contributed by atoms with van der Waals surface area (Å²) in [5.41, 5.74) is 8.00. The Hall–Kier alpha value is -1.61. The summed E-state index contributed by atoms with van der Waals surface area (Å²) in [5, 5.41) is 8.71. The molecule has 2 unspecified atom stereocenters. The fraction of sp³-hybridized carbons (Fsp3) is 0.308. The predicted octanol–water partition coefficient (Wildman–Crippen LogP) is 1.99. The van der Waals surface area contributed by atoms with Gasteiger partial charge in [-0.05, 0) is 24.0 Å². The van der Waals surface area contributed by atoms with Crippen molar-refractivity contribution in [1.82, 2.24) is 0 Å². The lowest BCUT2D eigenvalue weighted by Crippen LogP contribution is -2.30. The Morgan fingerprint density at radius 2 is 2.19 bits per heavy atom. The minimum Gasteiger partial charge on any atom is -0.480 e. The molecule has 3 heteroatoms. The second-order valence-electron chi connectivity index (χ2n) is 4.12. The van der Waals surface area contributed by atoms with Crippen molar-refractivity contribution in [3.05, 3.63) is 41.5 Å². The molecular formula is C13H15NO2. The Kier molecular flexibility index (Phi) is 3.06. The zero-order valence-corrected chi connectivity index (χ0v) is 8.97. The van der Waals surface area contributed by atoms with Crippen LogP contribution in [0.1, 0.15) is 29.9 Å². The van der Waals surface area contributed by atoms with Crippen LogP contribution in [0.5, 0.6) is 0 Å². The van der Waals surface area contributed by atoms with E-state index in [-0.39, 0.29) is 0 Å². The maximum absolute atomic E-state index is 10.6. The molecule has 1 aromatic rings. The minimum atomic E-state index is -0.921. The van der Waals surface area contributed by atoms with Gasteiger partial charge in [-0.15, -0.1) is 0 Å². The number of carboxylic acid groups (broad SMARTS) is 1. The summed E-state index contributed by atoms with van der Waals surface area (Å²) in [6, 6.07) is 7.43. The number of rotatable bonds is 4. The highest BCUT2D eigenvalue weighted by Crippen LogP contribution is 2.33. The maximum Gasteiger partial charge on any atom is 0.320 e. The lowest BCUT2D eigenvalue weighted by Gasteiger charge is -2.12. The third-order valence-corrected chi connectivity index (χ3v) is 3.01. The highest BCUT2D eigenvalue weighted by Gasteiger charge is 2.19. The SMILES string of the molecule is NC(CCC1C=Cc2ccccc21)C(=O)O. The monoisotopic (exact) mass is 217 g/mol. The molecule has 0 saturated heterocycles. The van der Waals surface area contributed by atoms with E-state index in [0.717, 1.165) is 6.42 Å². The molecule has 0 aromatic heterocycles. The molecule has 0 fully saturated rings. The number of carbonyl (C=O) groups is 1. The lowest BCUT2D eigenvalue weighted by atomic mass is 9.94. The van der Waals surface area contributed by atoms with E-state index in [2.05, 4.69) is 24.3 Å². The molecule has 16 heavy (non-hydrogen) atoms. The lowest BCUT2D eigenvalue weighted by molar-refractivity contribution is -0.138. The number of hydrogen-bond acceptors (Lipinski definition) is 2. The smallest absolute Gasteiger partial charge is 0.320 e. The van der Waals surface area contributed by atoms with Crippen LogP contribution in [0.4, 0.5) is 0 Å². The van der Waals surface area contributed by atoms with Crippen molar-refractivity contribution in [3.8, 4) is 0 Å². The van der Waals surface area contributed by atoms with Gasteiger partial charge in [-0.2, -0.15) is 0 Å². The first-order valence-corrected chi connectivity index (χ1v) is 5.44. The highest BCUT2D eigenvalue weighted by molar-refractivity contribution is 5.73. The van der Waals surface area contributed by atoms with Crippen LogP contribution in [-0.4, -0.2) is 17.1 Å². The number of hydrogen-bond donors (Lipinski definition) is 2. The van der Waals surface area contributed by atoms with Crippen molar-refractivity contribution in [2.24, 2.45) is 5.73 Å². The predicted molar refractivity (Wildman–Crippen MR) is 63.1 cm³/mol. The molecule has 3 N–H and O–H groups in total. The average molecular weight is 217 g/mol. The minimum absolute atomic E-state index is 0.321. The third-order valence-electron chi connectivity index (χ3n) is 3.01. The quantitative estimate of drug-likeness (QED) is 0.810. The summed E-state index contributed by atoms with van der Waals surface area (Å²) in [6.45, 7) is 0. The summed E-state index contributed by atoms with van der Waals surface area (Å²) in [6.07, 6.45) is 5.52. The summed E-state index contributed by atoms with van der Waals surface area (Å²) in [4.78, 5) is 10.6. The van der Waals surface area contributed by atoms with Crippen LogP contribution in [0.3, 0.4) is 0 Å². The molecule has 84 valence electrons. The van der Waals surface area contributed by atoms with Crippen LogP contribution in [0.2, 0.25) is 0 Å². The number of allylic oxidation sites excluding steroid dienone is 1. The summed E-state index contributed by atoms with van der Waals surface area (Å²) < 4.78 is 0. The molecule has 2 atom stereocenters. The second-order valence-corrected chi connectivity index (χ2v) is 4.12. The average Bonchev–Trinajstić information content (AvgIpc) is 2.69. The van der Waals surface area contributed by atoms with Crippen LogP contribution in [0.25, 0.3) is 6.08 Å². The third kappa shape index (κ3) is 2.14. The van der Waals surface area contributed by atoms with Crippen molar-refractivity contribution in [2.45, 2.75) is 24.8 Å². The Morgan fingerprint density at radius 1 is 1.44 bits per heavy atom. The van der Waals surface area contributed by atoms with Gasteiger partial charge in [-0.25, -0.2) is 0 Å². The molecule has 0 aliphatic heterocycles. The van der Waals surface area contributed by atoms with E-state index in [1.807, 2.05) is 12.1 Å². The van der Waals surface area contributed by atoms with Gasteiger partial charge in [-0.3, -0.25) is 4.79 Å². The molecule has 0 saturated carbocycles. The van der Waals surface area contributed by atoms with Gasteiger partial charge >= 0.3 is 5.97 Å². The molecule has 0 amide bonds. The fourth-order valence-corrected chi connectivity index (χ4v) is 2.06. The zero-order chi connectivity index (χ0) is 11.5. The first-order chi connectivity index (χ1) is 7.68. The van der Waals surface area contributed by atoms with Gasteiger partial charge in [-0.1, -0.05) is 36.4 Å². The number of nitrogens with two attached hydrogens (primary N) is 1. The van der Waals surface area contributed by atoms with Gasteiger partial charge in [0.1, 0.15) is 6.04 Å². The summed E-state index contributed by atoms with van der Waals surface area (Å²) >= 11 is 0. The van der Waals surface area contributed by atoms with Gasteiger partial charge < -0.3 is 10.8 Å². The van der Waals surface area contributed by atoms with Crippen LogP contribution in [0, 0.1) is 0 Å². The molecule has 0 spiro atoms. The van der Waals surface area contributed by atoms with Crippen LogP contribution in [-0.2, 0) is 4.79 Å². The normalized spacial score (nSPS) is 19.4. The Labute approximate surface area is 94.6 Å². The fourth-order valence-electron chi connectivity index (χ4n) is 2.06. The van der Waals surface area contributed by atoms with E-state index < -0.39 is 12.0 Å². The largest absolute Gasteiger partial charge is 0.480 e. The van der Waals surface area contributed by atoms with Gasteiger partial charge in [0.05, 0.1) is 0 Å². The van der Waals surface area contributed by atoms with E-state index in [1.165, 1.54) is 11.1 Å². The van der Waals surface area contributed by atoms with Gasteiger partial charge in [0.25, 0.3) is 0 Å². The standard InChI is InChI=1S/C13H15NO2/c14-12(13(15)16)8-7-10-6-5-9-3-1-2-4-11(9)10/h1-6,10,12H,7-8,14H2,(H,15,16). The van der Waals surface area contributed by atoms with Crippen molar-refractivity contribution in [3.63, 3.8) is 0 Å². The van der Waals surface area contributed by atoms with E-state index in [1.54, 1.807) is 0 Å². The van der Waals surface area contributed by atoms with Gasteiger partial charge in [0, 0.05) is 5.92 Å². The molecule has 0 radical (unpaired) electrons. The molecule has 1 aliphatic rings. The topological polar surface area (TPSA) is 63.3 Å². The highest BCUT2D eigenvalue weighted by atomic mass is 16.4. The van der Waals surface area contributed by atoms with Gasteiger partial charge in [0.15, 0.2) is 0 Å². The molecule has 1 aromatic carbocycles. The van der Waals surface area contributed by atoms with Crippen molar-refractivity contribution < 1.29 is 9.90 Å². The first kappa shape index (κ1) is 10.9. The molecule has 0 heterocycles. The Morgan fingerprint density at radius 3 is 2.94 bits per heavy atom. The summed E-state index contributed by atoms with van der Waals surface area (Å²) in [5.74, 6) is -0.600. The summed E-state index contributed by atoms with van der Waals surface area (Å²) in [7, 11) is 0. The van der Waals surface area contributed by atoms with E-state index in [9.17, 15) is 4.79 Å². The van der Waals surface area contributed by atoms with E-state index in [4.69, 9.17) is 10.8 Å². The van der Waals surface area contributed by atoms with Crippen molar-refractivity contribution in [2.75, 3.05) is 0 Å². The Balaban J connectivity index is 1.99. The number of benzene rings is 1. The van der Waals surface area contributed by atoms with E-state index >= 15 is 0 Å². The van der Waals surface area contributed by atoms with E-state index in [0.29, 0.717) is 12.3 Å². The molecule has 2 rings (SSSR count). The zero-order valence-electron chi connectivity index (χ0n) is 8.97. The molecule has 1 aliphatic carbocycles. The van der Waals surface area contributed by atoms with Crippen LogP contribution < -0.4 is 5.73 Å². The van der Waals surface area contributed by atoms with Crippen LogP contribution in [0.15, 0.2) is 30.3 Å². The second kappa shape index (κ2) is 4.49. The number of carboxylic acids is 1. The van der Waals surface area contributed by atoms with Crippen LogP contribution >= 0.6 is 0 Å². The maximum atomic E-state index is 10.6. The van der Waals surface area contributed by atoms with Gasteiger partial charge in [0.2, 0.25) is 0 Å². The molecule has 0 bridgehead atoms. The molecular weight excluding hydrogens is 202 g/mol. The van der Waals surface area contributed by atoms with Crippen molar-refractivity contribution in [1.29, 1.82) is 0 Å². The molecule has 3 nitrogen and oxygen atoms in total. The van der Waals surface area contributed by atoms with Crippen molar-refractivity contribution >= 4 is 12.0 Å². The Bertz CT molecular complexity index is 426. The number of aliphatic carboxylic acids is 1.